The Morgan fingerprint density at radius 1 is 1.26 bits per heavy atom. The third-order valence-electron chi connectivity index (χ3n) is 2.67. The van der Waals surface area contributed by atoms with Crippen molar-refractivity contribution in [2.45, 2.75) is 6.04 Å². The first-order valence-corrected chi connectivity index (χ1v) is 5.61. The molecule has 0 aliphatic carbocycles. The molecule has 0 aliphatic heterocycles. The molecule has 1 unspecified atom stereocenters. The lowest BCUT2D eigenvalue weighted by Gasteiger charge is -2.12. The number of hydrogen-bond acceptors (Lipinski definition) is 4. The van der Waals surface area contributed by atoms with Crippen LogP contribution in [-0.2, 0) is 4.79 Å². The van der Waals surface area contributed by atoms with Crippen LogP contribution >= 0.6 is 0 Å². The van der Waals surface area contributed by atoms with E-state index in [9.17, 15) is 9.59 Å². The zero-order chi connectivity index (χ0) is 13.8. The quantitative estimate of drug-likeness (QED) is 0.739. The van der Waals surface area contributed by atoms with Gasteiger partial charge in [0.2, 0.25) is 0 Å². The number of rotatable bonds is 4. The summed E-state index contributed by atoms with van der Waals surface area (Å²) in [6, 6.07) is 7.57. The fourth-order valence-corrected chi connectivity index (χ4v) is 1.71. The highest BCUT2D eigenvalue weighted by Crippen LogP contribution is 2.16. The van der Waals surface area contributed by atoms with Crippen molar-refractivity contribution in [2.24, 2.45) is 0 Å². The van der Waals surface area contributed by atoms with Gasteiger partial charge in [-0.1, -0.05) is 24.3 Å². The van der Waals surface area contributed by atoms with Crippen molar-refractivity contribution in [3.05, 3.63) is 42.2 Å². The smallest absolute Gasteiger partial charge is 0.328 e. The van der Waals surface area contributed by atoms with Gasteiger partial charge in [0.25, 0.3) is 5.91 Å². The minimum Gasteiger partial charge on any atom is -0.480 e. The van der Waals surface area contributed by atoms with E-state index in [1.165, 1.54) is 6.20 Å². The number of hydrogen-bond donors (Lipinski definition) is 3. The summed E-state index contributed by atoms with van der Waals surface area (Å²) in [4.78, 5) is 26.7. The van der Waals surface area contributed by atoms with Gasteiger partial charge in [-0.25, -0.2) is 4.79 Å². The summed E-state index contributed by atoms with van der Waals surface area (Å²) in [5.74, 6) is -1.92. The molecule has 0 aliphatic rings. The van der Waals surface area contributed by atoms with Gasteiger partial charge in [-0.05, 0) is 11.5 Å². The van der Waals surface area contributed by atoms with Crippen molar-refractivity contribution in [3.63, 3.8) is 0 Å². The SMILES string of the molecule is O=C(NC(CO)C(=O)O)c1nccc2ccccc12. The van der Waals surface area contributed by atoms with Gasteiger partial charge in [0.05, 0.1) is 6.61 Å². The number of aliphatic hydroxyl groups is 1. The molecule has 0 spiro atoms. The van der Waals surface area contributed by atoms with Crippen LogP contribution in [0.2, 0.25) is 0 Å². The summed E-state index contributed by atoms with van der Waals surface area (Å²) in [5.41, 5.74) is 0.137. The first-order valence-electron chi connectivity index (χ1n) is 5.61. The number of aliphatic carboxylic acids is 1. The van der Waals surface area contributed by atoms with Gasteiger partial charge in [0, 0.05) is 11.6 Å². The van der Waals surface area contributed by atoms with E-state index >= 15 is 0 Å². The standard InChI is InChI=1S/C13H12N2O4/c16-7-10(13(18)19)15-12(17)11-9-4-2-1-3-8(9)5-6-14-11/h1-6,10,16H,7H2,(H,15,17)(H,18,19). The average Bonchev–Trinajstić information content (AvgIpc) is 2.43. The molecule has 6 nitrogen and oxygen atoms in total. The number of aliphatic hydroxyl groups excluding tert-OH is 1. The molecule has 98 valence electrons. The van der Waals surface area contributed by atoms with Crippen LogP contribution in [0.15, 0.2) is 36.5 Å². The normalized spacial score (nSPS) is 12.1. The van der Waals surface area contributed by atoms with Crippen LogP contribution in [0, 0.1) is 0 Å². The van der Waals surface area contributed by atoms with E-state index in [4.69, 9.17) is 10.2 Å². The number of benzene rings is 1. The lowest BCUT2D eigenvalue weighted by molar-refractivity contribution is -0.140. The average molecular weight is 260 g/mol. The molecule has 1 aromatic heterocycles. The number of pyridine rings is 1. The Hall–Kier alpha value is -2.47. The fourth-order valence-electron chi connectivity index (χ4n) is 1.71. The maximum absolute atomic E-state index is 12.0. The van der Waals surface area contributed by atoms with E-state index < -0.39 is 24.5 Å². The van der Waals surface area contributed by atoms with Crippen molar-refractivity contribution in [1.82, 2.24) is 10.3 Å². The molecule has 1 aromatic carbocycles. The topological polar surface area (TPSA) is 99.5 Å². The molecule has 0 fully saturated rings. The van der Waals surface area contributed by atoms with Crippen LogP contribution in [0.3, 0.4) is 0 Å². The Kier molecular flexibility index (Phi) is 3.72. The predicted molar refractivity (Wildman–Crippen MR) is 67.7 cm³/mol. The molecule has 2 rings (SSSR count). The van der Waals surface area contributed by atoms with Gasteiger partial charge >= 0.3 is 5.97 Å². The molecule has 3 N–H and O–H groups in total. The number of amides is 1. The van der Waals surface area contributed by atoms with E-state index in [2.05, 4.69) is 10.3 Å². The summed E-state index contributed by atoms with van der Waals surface area (Å²) < 4.78 is 0. The number of fused-ring (bicyclic) bond motifs is 1. The first kappa shape index (κ1) is 13.0. The zero-order valence-electron chi connectivity index (χ0n) is 9.91. The number of nitrogens with zero attached hydrogens (tertiary/aromatic N) is 1. The molecular formula is C13H12N2O4. The highest BCUT2D eigenvalue weighted by molar-refractivity contribution is 6.06. The summed E-state index contributed by atoms with van der Waals surface area (Å²) in [6.45, 7) is -0.675. The van der Waals surface area contributed by atoms with E-state index in [0.717, 1.165) is 5.39 Å². The Morgan fingerprint density at radius 3 is 2.68 bits per heavy atom. The van der Waals surface area contributed by atoms with Crippen molar-refractivity contribution in [1.29, 1.82) is 0 Å². The number of carboxylic acids is 1. The number of carboxylic acid groups (broad SMARTS) is 1. The minimum atomic E-state index is -1.34. The van der Waals surface area contributed by atoms with E-state index in [1.807, 2.05) is 12.1 Å². The molecule has 2 aromatic rings. The van der Waals surface area contributed by atoms with E-state index in [-0.39, 0.29) is 5.69 Å². The van der Waals surface area contributed by atoms with Crippen molar-refractivity contribution >= 4 is 22.6 Å². The largest absolute Gasteiger partial charge is 0.480 e. The van der Waals surface area contributed by atoms with Crippen molar-refractivity contribution < 1.29 is 19.8 Å². The van der Waals surface area contributed by atoms with Gasteiger partial charge in [-0.2, -0.15) is 0 Å². The van der Waals surface area contributed by atoms with Gasteiger partial charge < -0.3 is 15.5 Å². The maximum atomic E-state index is 12.0. The van der Waals surface area contributed by atoms with Crippen molar-refractivity contribution in [2.75, 3.05) is 6.61 Å². The van der Waals surface area contributed by atoms with Gasteiger partial charge in [-0.15, -0.1) is 0 Å². The number of nitrogens with one attached hydrogen (secondary N) is 1. The molecule has 1 atom stereocenters. The van der Waals surface area contributed by atoms with Crippen LogP contribution in [0.25, 0.3) is 10.8 Å². The fraction of sp³-hybridized carbons (Fsp3) is 0.154. The lowest BCUT2D eigenvalue weighted by atomic mass is 10.1. The Morgan fingerprint density at radius 2 is 2.00 bits per heavy atom. The second-order valence-corrected chi connectivity index (χ2v) is 3.93. The number of carbonyl (C=O) groups excluding carboxylic acids is 1. The van der Waals surface area contributed by atoms with Crippen LogP contribution in [-0.4, -0.2) is 39.7 Å². The Labute approximate surface area is 108 Å². The highest BCUT2D eigenvalue weighted by atomic mass is 16.4. The van der Waals surface area contributed by atoms with Crippen molar-refractivity contribution in [3.8, 4) is 0 Å². The molecule has 0 saturated heterocycles. The van der Waals surface area contributed by atoms with Gasteiger partial charge in [0.15, 0.2) is 6.04 Å². The summed E-state index contributed by atoms with van der Waals surface area (Å²) in [7, 11) is 0. The molecular weight excluding hydrogens is 248 g/mol. The Balaban J connectivity index is 2.34. The molecule has 6 heteroatoms. The van der Waals surface area contributed by atoms with E-state index in [1.54, 1.807) is 18.2 Å². The maximum Gasteiger partial charge on any atom is 0.328 e. The monoisotopic (exact) mass is 260 g/mol. The van der Waals surface area contributed by atoms with Gasteiger partial charge in [-0.3, -0.25) is 9.78 Å². The molecule has 1 amide bonds. The third-order valence-corrected chi connectivity index (χ3v) is 2.67. The second-order valence-electron chi connectivity index (χ2n) is 3.93. The molecule has 19 heavy (non-hydrogen) atoms. The predicted octanol–water partition coefficient (Wildman–Crippen LogP) is 0.410. The zero-order valence-corrected chi connectivity index (χ0v) is 9.91. The second kappa shape index (κ2) is 5.45. The Bertz CT molecular complexity index is 622. The molecule has 0 saturated carbocycles. The minimum absolute atomic E-state index is 0.137. The van der Waals surface area contributed by atoms with Crippen LogP contribution in [0.5, 0.6) is 0 Å². The molecule has 0 bridgehead atoms. The summed E-state index contributed by atoms with van der Waals surface area (Å²) in [5, 5.41) is 21.4. The third kappa shape index (κ3) is 2.69. The number of carbonyl (C=O) groups is 2. The molecule has 0 radical (unpaired) electrons. The van der Waals surface area contributed by atoms with Crippen LogP contribution < -0.4 is 5.32 Å². The lowest BCUT2D eigenvalue weighted by Crippen LogP contribution is -2.43. The summed E-state index contributed by atoms with van der Waals surface area (Å²) >= 11 is 0. The first-order chi connectivity index (χ1) is 9.13. The van der Waals surface area contributed by atoms with E-state index in [0.29, 0.717) is 5.39 Å². The highest BCUT2D eigenvalue weighted by Gasteiger charge is 2.21. The van der Waals surface area contributed by atoms with Crippen LogP contribution in [0.1, 0.15) is 10.5 Å². The van der Waals surface area contributed by atoms with Crippen LogP contribution in [0.4, 0.5) is 0 Å². The molecule has 1 heterocycles. The van der Waals surface area contributed by atoms with Gasteiger partial charge in [0.1, 0.15) is 5.69 Å². The number of aromatic nitrogens is 1. The summed E-state index contributed by atoms with van der Waals surface area (Å²) in [6.07, 6.45) is 1.48.